The van der Waals surface area contributed by atoms with Gasteiger partial charge in [0.15, 0.2) is 5.82 Å². The van der Waals surface area contributed by atoms with Gasteiger partial charge < -0.3 is 19.5 Å². The average molecular weight is 371 g/mol. The molecular formula is C19H25N5O3. The number of amides is 2. The highest BCUT2D eigenvalue weighted by Gasteiger charge is 2.26. The van der Waals surface area contributed by atoms with Gasteiger partial charge in [0.1, 0.15) is 5.60 Å². The molecule has 3 heterocycles. The first-order valence-corrected chi connectivity index (χ1v) is 9.04. The van der Waals surface area contributed by atoms with Crippen LogP contribution in [0.5, 0.6) is 0 Å². The summed E-state index contributed by atoms with van der Waals surface area (Å²) in [6, 6.07) is 1.83. The van der Waals surface area contributed by atoms with E-state index in [1.165, 1.54) is 6.20 Å². The third-order valence-electron chi connectivity index (χ3n) is 4.21. The summed E-state index contributed by atoms with van der Waals surface area (Å²) >= 11 is 0. The second-order valence-corrected chi connectivity index (χ2v) is 7.53. The summed E-state index contributed by atoms with van der Waals surface area (Å²) in [5, 5.41) is 2.78. The van der Waals surface area contributed by atoms with Gasteiger partial charge in [-0.2, -0.15) is 0 Å². The van der Waals surface area contributed by atoms with E-state index in [2.05, 4.69) is 15.3 Å². The fraction of sp³-hybridized carbons (Fsp3) is 0.474. The fourth-order valence-corrected chi connectivity index (χ4v) is 2.81. The van der Waals surface area contributed by atoms with Gasteiger partial charge in [-0.25, -0.2) is 9.78 Å². The van der Waals surface area contributed by atoms with Gasteiger partial charge >= 0.3 is 6.09 Å². The van der Waals surface area contributed by atoms with E-state index in [0.29, 0.717) is 30.9 Å². The molecular weight excluding hydrogens is 346 g/mol. The van der Waals surface area contributed by atoms with Gasteiger partial charge in [-0.15, -0.1) is 0 Å². The molecule has 144 valence electrons. The molecule has 8 heteroatoms. The molecule has 0 atom stereocenters. The lowest BCUT2D eigenvalue weighted by atomic mass is 10.0. The van der Waals surface area contributed by atoms with Gasteiger partial charge in [-0.05, 0) is 45.7 Å². The second-order valence-electron chi connectivity index (χ2n) is 7.53. The van der Waals surface area contributed by atoms with Crippen molar-refractivity contribution in [2.75, 3.05) is 11.9 Å². The van der Waals surface area contributed by atoms with E-state index in [0.717, 1.165) is 17.8 Å². The molecule has 2 aromatic rings. The zero-order chi connectivity index (χ0) is 19.6. The van der Waals surface area contributed by atoms with Crippen LogP contribution in [0.25, 0.3) is 0 Å². The van der Waals surface area contributed by atoms with Crippen LogP contribution in [0.1, 0.15) is 49.3 Å². The highest BCUT2D eigenvalue weighted by atomic mass is 16.6. The van der Waals surface area contributed by atoms with E-state index in [1.54, 1.807) is 17.4 Å². The molecule has 1 aliphatic rings. The van der Waals surface area contributed by atoms with Gasteiger partial charge in [0.25, 0.3) is 5.91 Å². The standard InChI is InChI=1S/C19H25N5O3/c1-5-23-11-16(21-12-23)22-17(25)14-8-13-6-7-24(10-15(13)20-9-14)18(26)27-19(2,3)4/h8-9,11-12H,5-7,10H2,1-4H3,(H,22,25). The van der Waals surface area contributed by atoms with Gasteiger partial charge in [0.2, 0.25) is 0 Å². The third kappa shape index (κ3) is 4.64. The maximum Gasteiger partial charge on any atom is 0.410 e. The van der Waals surface area contributed by atoms with Crippen molar-refractivity contribution in [1.82, 2.24) is 19.4 Å². The first kappa shape index (κ1) is 18.9. The Kier molecular flexibility index (Phi) is 5.16. The Morgan fingerprint density at radius 3 is 2.74 bits per heavy atom. The molecule has 0 spiro atoms. The SMILES string of the molecule is CCn1cnc(NC(=O)c2cnc3c(c2)CCN(C(=O)OC(C)(C)C)C3)c1. The van der Waals surface area contributed by atoms with Crippen LogP contribution in [0.2, 0.25) is 0 Å². The number of carbonyl (C=O) groups excluding carboxylic acids is 2. The Bertz CT molecular complexity index is 853. The lowest BCUT2D eigenvalue weighted by Gasteiger charge is -2.30. The topological polar surface area (TPSA) is 89.4 Å². The van der Waals surface area contributed by atoms with Crippen molar-refractivity contribution < 1.29 is 14.3 Å². The Labute approximate surface area is 158 Å². The maximum atomic E-state index is 12.4. The summed E-state index contributed by atoms with van der Waals surface area (Å²) < 4.78 is 7.30. The third-order valence-corrected chi connectivity index (χ3v) is 4.21. The van der Waals surface area contributed by atoms with Crippen LogP contribution in [0.3, 0.4) is 0 Å². The number of hydrogen-bond donors (Lipinski definition) is 1. The average Bonchev–Trinajstić information content (AvgIpc) is 3.07. The summed E-state index contributed by atoms with van der Waals surface area (Å²) in [5.41, 5.74) is 1.71. The summed E-state index contributed by atoms with van der Waals surface area (Å²) in [5.74, 6) is 0.261. The monoisotopic (exact) mass is 371 g/mol. The molecule has 0 aromatic carbocycles. The predicted molar refractivity (Wildman–Crippen MR) is 100 cm³/mol. The Balaban J connectivity index is 1.67. The quantitative estimate of drug-likeness (QED) is 0.896. The van der Waals surface area contributed by atoms with Gasteiger partial charge in [-0.3, -0.25) is 9.78 Å². The number of nitrogens with one attached hydrogen (secondary N) is 1. The Hall–Kier alpha value is -2.90. The lowest BCUT2D eigenvalue weighted by molar-refractivity contribution is 0.0220. The van der Waals surface area contributed by atoms with Crippen LogP contribution in [0, 0.1) is 0 Å². The molecule has 0 aliphatic carbocycles. The zero-order valence-corrected chi connectivity index (χ0v) is 16.2. The Morgan fingerprint density at radius 2 is 2.07 bits per heavy atom. The van der Waals surface area contributed by atoms with E-state index < -0.39 is 5.60 Å². The van der Waals surface area contributed by atoms with E-state index >= 15 is 0 Å². The van der Waals surface area contributed by atoms with Crippen molar-refractivity contribution in [1.29, 1.82) is 0 Å². The number of anilines is 1. The molecule has 0 saturated carbocycles. The van der Waals surface area contributed by atoms with Crippen molar-refractivity contribution in [3.8, 4) is 0 Å². The van der Waals surface area contributed by atoms with Crippen molar-refractivity contribution in [2.24, 2.45) is 0 Å². The molecule has 1 aliphatic heterocycles. The Morgan fingerprint density at radius 1 is 1.30 bits per heavy atom. The highest BCUT2D eigenvalue weighted by Crippen LogP contribution is 2.21. The van der Waals surface area contributed by atoms with Crippen molar-refractivity contribution >= 4 is 17.8 Å². The largest absolute Gasteiger partial charge is 0.444 e. The fourth-order valence-electron chi connectivity index (χ4n) is 2.81. The number of aromatic nitrogens is 3. The summed E-state index contributed by atoms with van der Waals surface area (Å²) in [4.78, 5) is 34.9. The second kappa shape index (κ2) is 7.38. The summed E-state index contributed by atoms with van der Waals surface area (Å²) in [6.07, 6.45) is 5.27. The van der Waals surface area contributed by atoms with E-state index in [-0.39, 0.29) is 12.0 Å². The molecule has 0 saturated heterocycles. The van der Waals surface area contributed by atoms with Crippen molar-refractivity contribution in [3.05, 3.63) is 41.6 Å². The number of hydrogen-bond acceptors (Lipinski definition) is 5. The number of fused-ring (bicyclic) bond motifs is 1. The van der Waals surface area contributed by atoms with E-state index in [4.69, 9.17) is 4.74 Å². The van der Waals surface area contributed by atoms with Gasteiger partial charge in [0, 0.05) is 25.5 Å². The number of carbonyl (C=O) groups is 2. The molecule has 27 heavy (non-hydrogen) atoms. The first-order chi connectivity index (χ1) is 12.7. The minimum atomic E-state index is -0.530. The van der Waals surface area contributed by atoms with Crippen molar-refractivity contribution in [2.45, 2.75) is 52.8 Å². The number of rotatable bonds is 3. The normalized spacial score (nSPS) is 13.9. The van der Waals surface area contributed by atoms with Crippen LogP contribution in [0.15, 0.2) is 24.8 Å². The van der Waals surface area contributed by atoms with E-state index in [1.807, 2.05) is 38.3 Å². The number of ether oxygens (including phenoxy) is 1. The van der Waals surface area contributed by atoms with Crippen molar-refractivity contribution in [3.63, 3.8) is 0 Å². The number of pyridine rings is 1. The summed E-state index contributed by atoms with van der Waals surface area (Å²) in [6.45, 7) is 9.24. The zero-order valence-electron chi connectivity index (χ0n) is 16.2. The smallest absolute Gasteiger partial charge is 0.410 e. The predicted octanol–water partition coefficient (Wildman–Crippen LogP) is 2.84. The molecule has 0 unspecified atom stereocenters. The van der Waals surface area contributed by atoms with Crippen LogP contribution in [-0.4, -0.2) is 43.6 Å². The molecule has 0 bridgehead atoms. The molecule has 8 nitrogen and oxygen atoms in total. The molecule has 2 amide bonds. The minimum Gasteiger partial charge on any atom is -0.444 e. The van der Waals surface area contributed by atoms with Crippen LogP contribution in [-0.2, 0) is 24.2 Å². The van der Waals surface area contributed by atoms with Crippen LogP contribution < -0.4 is 5.32 Å². The molecule has 1 N–H and O–H groups in total. The number of imidazole rings is 1. The lowest BCUT2D eigenvalue weighted by Crippen LogP contribution is -2.40. The van der Waals surface area contributed by atoms with Crippen LogP contribution >= 0.6 is 0 Å². The van der Waals surface area contributed by atoms with E-state index in [9.17, 15) is 9.59 Å². The molecule has 2 aromatic heterocycles. The highest BCUT2D eigenvalue weighted by molar-refractivity contribution is 6.03. The maximum absolute atomic E-state index is 12.4. The summed E-state index contributed by atoms with van der Waals surface area (Å²) in [7, 11) is 0. The number of aryl methyl sites for hydroxylation is 1. The van der Waals surface area contributed by atoms with Gasteiger partial charge in [0.05, 0.1) is 24.1 Å². The molecule has 0 fully saturated rings. The minimum absolute atomic E-state index is 0.249. The first-order valence-electron chi connectivity index (χ1n) is 9.04. The van der Waals surface area contributed by atoms with Gasteiger partial charge in [-0.1, -0.05) is 0 Å². The van der Waals surface area contributed by atoms with Crippen LogP contribution in [0.4, 0.5) is 10.6 Å². The molecule has 0 radical (unpaired) electrons. The number of nitrogens with zero attached hydrogens (tertiary/aromatic N) is 4. The molecule has 3 rings (SSSR count).